The SMILES string of the molecule is CCn1cc(-c2n[nH]c(=S)c3ccccc23)cn1. The number of H-pyrrole nitrogens is 1. The number of hydrogen-bond acceptors (Lipinski definition) is 3. The minimum Gasteiger partial charge on any atom is -0.272 e. The number of hydrogen-bond donors (Lipinski definition) is 1. The van der Waals surface area contributed by atoms with Gasteiger partial charge in [0.15, 0.2) is 0 Å². The molecule has 0 aliphatic rings. The fourth-order valence-corrected chi connectivity index (χ4v) is 2.22. The van der Waals surface area contributed by atoms with Crippen LogP contribution in [0.5, 0.6) is 0 Å². The standard InChI is InChI=1S/C13H12N4S/c1-2-17-8-9(7-14-17)12-10-5-3-4-6-11(10)13(18)16-15-12/h3-8H,2H2,1H3,(H,16,18). The lowest BCUT2D eigenvalue weighted by Gasteiger charge is -2.03. The molecule has 1 aromatic carbocycles. The van der Waals surface area contributed by atoms with Crippen molar-refractivity contribution in [1.29, 1.82) is 0 Å². The normalized spacial score (nSPS) is 10.9. The summed E-state index contributed by atoms with van der Waals surface area (Å²) in [5.41, 5.74) is 1.89. The number of benzene rings is 1. The maximum Gasteiger partial charge on any atom is 0.127 e. The van der Waals surface area contributed by atoms with E-state index in [4.69, 9.17) is 12.2 Å². The van der Waals surface area contributed by atoms with Crippen LogP contribution in [0.1, 0.15) is 6.92 Å². The third-order valence-electron chi connectivity index (χ3n) is 2.93. The minimum atomic E-state index is 0.664. The zero-order valence-electron chi connectivity index (χ0n) is 9.92. The highest BCUT2D eigenvalue weighted by atomic mass is 32.1. The van der Waals surface area contributed by atoms with Gasteiger partial charge in [0.25, 0.3) is 0 Å². The highest BCUT2D eigenvalue weighted by Gasteiger charge is 2.08. The first kappa shape index (κ1) is 11.1. The third kappa shape index (κ3) is 1.73. The quantitative estimate of drug-likeness (QED) is 0.716. The van der Waals surface area contributed by atoms with E-state index in [1.807, 2.05) is 41.3 Å². The molecule has 0 fully saturated rings. The first-order chi connectivity index (χ1) is 8.79. The molecule has 0 saturated heterocycles. The van der Waals surface area contributed by atoms with Gasteiger partial charge in [-0.2, -0.15) is 10.2 Å². The van der Waals surface area contributed by atoms with Crippen LogP contribution in [0.25, 0.3) is 22.0 Å². The average Bonchev–Trinajstić information content (AvgIpc) is 2.88. The van der Waals surface area contributed by atoms with Gasteiger partial charge in [0.1, 0.15) is 10.3 Å². The monoisotopic (exact) mass is 256 g/mol. The summed E-state index contributed by atoms with van der Waals surface area (Å²) >= 11 is 5.25. The molecule has 0 amide bonds. The summed E-state index contributed by atoms with van der Waals surface area (Å²) in [7, 11) is 0. The minimum absolute atomic E-state index is 0.664. The molecule has 0 aliphatic carbocycles. The van der Waals surface area contributed by atoms with Crippen LogP contribution >= 0.6 is 12.2 Å². The molecule has 5 heteroatoms. The molecule has 4 nitrogen and oxygen atoms in total. The largest absolute Gasteiger partial charge is 0.272 e. The predicted octanol–water partition coefficient (Wildman–Crippen LogP) is 3.18. The van der Waals surface area contributed by atoms with Crippen LogP contribution in [0, 0.1) is 4.64 Å². The van der Waals surface area contributed by atoms with Crippen molar-refractivity contribution in [2.45, 2.75) is 13.5 Å². The zero-order valence-corrected chi connectivity index (χ0v) is 10.7. The summed E-state index contributed by atoms with van der Waals surface area (Å²) in [5.74, 6) is 0. The van der Waals surface area contributed by atoms with Gasteiger partial charge in [-0.1, -0.05) is 36.5 Å². The fourth-order valence-electron chi connectivity index (χ4n) is 1.99. The van der Waals surface area contributed by atoms with Crippen molar-refractivity contribution in [1.82, 2.24) is 20.0 Å². The number of nitrogens with zero attached hydrogens (tertiary/aromatic N) is 3. The van der Waals surface area contributed by atoms with E-state index in [0.717, 1.165) is 28.6 Å². The Kier molecular flexibility index (Phi) is 2.68. The molecule has 0 aliphatic heterocycles. The molecule has 0 atom stereocenters. The van der Waals surface area contributed by atoms with Crippen LogP contribution in [0.4, 0.5) is 0 Å². The molecule has 2 aromatic heterocycles. The van der Waals surface area contributed by atoms with Gasteiger partial charge >= 0.3 is 0 Å². The number of aryl methyl sites for hydroxylation is 1. The van der Waals surface area contributed by atoms with Crippen LogP contribution in [0.3, 0.4) is 0 Å². The van der Waals surface area contributed by atoms with E-state index in [1.165, 1.54) is 0 Å². The molecule has 1 N–H and O–H groups in total. The summed E-state index contributed by atoms with van der Waals surface area (Å²) in [5, 5.41) is 13.6. The van der Waals surface area contributed by atoms with E-state index >= 15 is 0 Å². The van der Waals surface area contributed by atoms with E-state index in [2.05, 4.69) is 22.2 Å². The van der Waals surface area contributed by atoms with E-state index in [1.54, 1.807) is 0 Å². The zero-order chi connectivity index (χ0) is 12.5. The van der Waals surface area contributed by atoms with Crippen LogP contribution in [0.15, 0.2) is 36.7 Å². The maximum absolute atomic E-state index is 5.25. The molecule has 3 rings (SSSR count). The first-order valence-corrected chi connectivity index (χ1v) is 6.20. The van der Waals surface area contributed by atoms with Crippen molar-refractivity contribution in [2.75, 3.05) is 0 Å². The fraction of sp³-hybridized carbons (Fsp3) is 0.154. The Labute approximate surface area is 109 Å². The molecular formula is C13H12N4S. The Hall–Kier alpha value is -2.01. The Morgan fingerprint density at radius 1 is 1.28 bits per heavy atom. The van der Waals surface area contributed by atoms with E-state index in [9.17, 15) is 0 Å². The maximum atomic E-state index is 5.25. The van der Waals surface area contributed by atoms with Gasteiger partial charge in [-0.15, -0.1) is 0 Å². The van der Waals surface area contributed by atoms with E-state index in [-0.39, 0.29) is 0 Å². The van der Waals surface area contributed by atoms with Gasteiger partial charge in [0, 0.05) is 29.1 Å². The molecule has 90 valence electrons. The second kappa shape index (κ2) is 4.34. The summed E-state index contributed by atoms with van der Waals surface area (Å²) in [4.78, 5) is 0. The van der Waals surface area contributed by atoms with Crippen molar-refractivity contribution in [2.24, 2.45) is 0 Å². The van der Waals surface area contributed by atoms with Crippen molar-refractivity contribution < 1.29 is 0 Å². The Bertz CT molecular complexity index is 757. The second-order valence-electron chi connectivity index (χ2n) is 4.03. The van der Waals surface area contributed by atoms with Crippen LogP contribution in [-0.2, 0) is 6.54 Å². The summed E-state index contributed by atoms with van der Waals surface area (Å²) in [6.07, 6.45) is 3.82. The Morgan fingerprint density at radius 3 is 2.78 bits per heavy atom. The Balaban J connectivity index is 2.29. The molecule has 0 saturated carbocycles. The smallest absolute Gasteiger partial charge is 0.127 e. The Morgan fingerprint density at radius 2 is 2.06 bits per heavy atom. The van der Waals surface area contributed by atoms with Gasteiger partial charge in [-0.05, 0) is 6.92 Å². The highest BCUT2D eigenvalue weighted by molar-refractivity contribution is 7.71. The first-order valence-electron chi connectivity index (χ1n) is 5.80. The van der Waals surface area contributed by atoms with Crippen molar-refractivity contribution in [3.05, 3.63) is 41.3 Å². The second-order valence-corrected chi connectivity index (χ2v) is 4.44. The molecule has 0 bridgehead atoms. The summed E-state index contributed by atoms with van der Waals surface area (Å²) < 4.78 is 2.55. The van der Waals surface area contributed by atoms with Crippen LogP contribution in [0.2, 0.25) is 0 Å². The molecule has 0 spiro atoms. The van der Waals surface area contributed by atoms with Crippen molar-refractivity contribution >= 4 is 23.0 Å². The molecule has 18 heavy (non-hydrogen) atoms. The van der Waals surface area contributed by atoms with Gasteiger partial charge in [0.2, 0.25) is 0 Å². The predicted molar refractivity (Wildman–Crippen MR) is 73.8 cm³/mol. The lowest BCUT2D eigenvalue weighted by Crippen LogP contribution is -1.93. The van der Waals surface area contributed by atoms with Crippen molar-refractivity contribution in [3.8, 4) is 11.3 Å². The molecular weight excluding hydrogens is 244 g/mol. The van der Waals surface area contributed by atoms with Gasteiger partial charge in [-0.25, -0.2) is 0 Å². The number of rotatable bonds is 2. The number of fused-ring (bicyclic) bond motifs is 1. The molecule has 3 aromatic rings. The molecule has 0 radical (unpaired) electrons. The number of aromatic amines is 1. The molecule has 2 heterocycles. The highest BCUT2D eigenvalue weighted by Crippen LogP contribution is 2.25. The van der Waals surface area contributed by atoms with Crippen LogP contribution in [-0.4, -0.2) is 20.0 Å². The average molecular weight is 256 g/mol. The topological polar surface area (TPSA) is 46.5 Å². The lowest BCUT2D eigenvalue weighted by molar-refractivity contribution is 0.660. The summed E-state index contributed by atoms with van der Waals surface area (Å²) in [6.45, 7) is 2.90. The lowest BCUT2D eigenvalue weighted by atomic mass is 10.1. The van der Waals surface area contributed by atoms with E-state index < -0.39 is 0 Å². The van der Waals surface area contributed by atoms with Gasteiger partial charge in [-0.3, -0.25) is 9.78 Å². The van der Waals surface area contributed by atoms with E-state index in [0.29, 0.717) is 4.64 Å². The molecule has 0 unspecified atom stereocenters. The third-order valence-corrected chi connectivity index (χ3v) is 3.24. The van der Waals surface area contributed by atoms with Crippen molar-refractivity contribution in [3.63, 3.8) is 0 Å². The number of aromatic nitrogens is 4. The van der Waals surface area contributed by atoms with Gasteiger partial charge in [0.05, 0.1) is 6.20 Å². The summed E-state index contributed by atoms with van der Waals surface area (Å²) in [6, 6.07) is 8.01. The van der Waals surface area contributed by atoms with Gasteiger partial charge < -0.3 is 0 Å². The number of nitrogens with one attached hydrogen (secondary N) is 1. The van der Waals surface area contributed by atoms with Crippen LogP contribution < -0.4 is 0 Å².